The van der Waals surface area contributed by atoms with Gasteiger partial charge in [-0.15, -0.1) is 0 Å². The fraction of sp³-hybridized carbons (Fsp3) is 0.0800. The van der Waals surface area contributed by atoms with Gasteiger partial charge in [0.2, 0.25) is 12.7 Å². The largest absolute Gasteiger partial charge is 0.493 e. The van der Waals surface area contributed by atoms with Crippen molar-refractivity contribution in [3.63, 3.8) is 0 Å². The number of nitrogens with zero attached hydrogens (tertiary/aromatic N) is 2. The summed E-state index contributed by atoms with van der Waals surface area (Å²) >= 11 is 0. The van der Waals surface area contributed by atoms with E-state index in [0.717, 1.165) is 0 Å². The summed E-state index contributed by atoms with van der Waals surface area (Å²) in [5.74, 6) is 0.162. The van der Waals surface area contributed by atoms with Crippen LogP contribution < -0.4 is 18.9 Å². The van der Waals surface area contributed by atoms with Crippen LogP contribution in [0.1, 0.15) is 21.5 Å². The van der Waals surface area contributed by atoms with E-state index in [1.165, 1.54) is 49.6 Å². The first-order valence-electron chi connectivity index (χ1n) is 10.5. The Bertz CT molecular complexity index is 1460. The minimum Gasteiger partial charge on any atom is -0.493 e. The molecule has 2 aliphatic heterocycles. The number of esters is 2. The average Bonchev–Trinajstić information content (AvgIpc) is 3.50. The van der Waals surface area contributed by atoms with Crippen LogP contribution in [0.5, 0.6) is 23.0 Å². The van der Waals surface area contributed by atoms with Gasteiger partial charge in [0.25, 0.3) is 5.69 Å². The van der Waals surface area contributed by atoms with Gasteiger partial charge in [-0.2, -0.15) is 0 Å². The normalized spacial score (nSPS) is 14.9. The summed E-state index contributed by atoms with van der Waals surface area (Å²) < 4.78 is 26.6. The van der Waals surface area contributed by atoms with E-state index in [9.17, 15) is 19.7 Å². The quantitative estimate of drug-likeness (QED) is 0.166. The molecular weight excluding hydrogens is 472 g/mol. The third-order valence-corrected chi connectivity index (χ3v) is 5.25. The van der Waals surface area contributed by atoms with Gasteiger partial charge in [0.15, 0.2) is 28.7 Å². The number of methoxy groups -OCH3 is 1. The second kappa shape index (κ2) is 9.22. The molecule has 36 heavy (non-hydrogen) atoms. The molecule has 0 spiro atoms. The molecule has 0 radical (unpaired) electrons. The molecule has 5 rings (SSSR count). The van der Waals surface area contributed by atoms with E-state index in [0.29, 0.717) is 22.6 Å². The van der Waals surface area contributed by atoms with Crippen LogP contribution >= 0.6 is 0 Å². The van der Waals surface area contributed by atoms with Crippen molar-refractivity contribution in [3.05, 3.63) is 93.2 Å². The van der Waals surface area contributed by atoms with Crippen LogP contribution in [-0.2, 0) is 9.53 Å². The maximum Gasteiger partial charge on any atom is 0.363 e. The molecule has 0 amide bonds. The number of aliphatic imine (C=N–C) groups is 1. The molecule has 2 aliphatic rings. The lowest BCUT2D eigenvalue weighted by molar-refractivity contribution is -0.384. The van der Waals surface area contributed by atoms with Gasteiger partial charge in [-0.1, -0.05) is 6.07 Å². The first-order valence-corrected chi connectivity index (χ1v) is 10.5. The number of hydrogen-bond donors (Lipinski definition) is 0. The predicted octanol–water partition coefficient (Wildman–Crippen LogP) is 3.90. The maximum atomic E-state index is 12.6. The standard InChI is InChI=1S/C25H16N2O9/c1-32-21-11-14(2-8-20(21)35-24(28)16-5-9-19-22(12-16)34-13-33-19)10-18-25(29)36-23(26-18)15-3-6-17(7-4-15)27(30)31/h2-12H,13H2,1H3/b18-10-. The van der Waals surface area contributed by atoms with E-state index < -0.39 is 16.9 Å². The number of benzene rings is 3. The summed E-state index contributed by atoms with van der Waals surface area (Å²) in [7, 11) is 1.42. The van der Waals surface area contributed by atoms with Crippen molar-refractivity contribution in [3.8, 4) is 23.0 Å². The van der Waals surface area contributed by atoms with E-state index in [1.807, 2.05) is 0 Å². The van der Waals surface area contributed by atoms with E-state index in [4.69, 9.17) is 23.7 Å². The molecule has 11 nitrogen and oxygen atoms in total. The Morgan fingerprint density at radius 2 is 1.81 bits per heavy atom. The first-order chi connectivity index (χ1) is 17.4. The number of fused-ring (bicyclic) bond motifs is 1. The first kappa shape index (κ1) is 22.6. The summed E-state index contributed by atoms with van der Waals surface area (Å²) in [5, 5.41) is 10.8. The van der Waals surface area contributed by atoms with Crippen molar-refractivity contribution in [2.45, 2.75) is 0 Å². The molecule has 0 aliphatic carbocycles. The lowest BCUT2D eigenvalue weighted by Crippen LogP contribution is -2.09. The predicted molar refractivity (Wildman–Crippen MR) is 124 cm³/mol. The zero-order valence-electron chi connectivity index (χ0n) is 18.6. The number of nitro benzene ring substituents is 1. The van der Waals surface area contributed by atoms with Crippen molar-refractivity contribution in [2.75, 3.05) is 13.9 Å². The molecule has 0 N–H and O–H groups in total. The maximum absolute atomic E-state index is 12.6. The molecular formula is C25H16N2O9. The number of cyclic esters (lactones) is 1. The van der Waals surface area contributed by atoms with Crippen molar-refractivity contribution in [1.29, 1.82) is 0 Å². The van der Waals surface area contributed by atoms with E-state index in [2.05, 4.69) is 4.99 Å². The molecule has 3 aromatic rings. The summed E-state index contributed by atoms with van der Waals surface area (Å²) in [4.78, 5) is 39.4. The van der Waals surface area contributed by atoms with Crippen molar-refractivity contribution in [1.82, 2.24) is 0 Å². The Morgan fingerprint density at radius 3 is 2.56 bits per heavy atom. The van der Waals surface area contributed by atoms with Crippen LogP contribution in [0.25, 0.3) is 6.08 Å². The van der Waals surface area contributed by atoms with Gasteiger partial charge in [0.05, 0.1) is 17.6 Å². The van der Waals surface area contributed by atoms with Crippen LogP contribution in [0.15, 0.2) is 71.4 Å². The van der Waals surface area contributed by atoms with Crippen LogP contribution in [-0.4, -0.2) is 36.7 Å². The molecule has 0 unspecified atom stereocenters. The Labute approximate surface area is 203 Å². The van der Waals surface area contributed by atoms with E-state index >= 15 is 0 Å². The van der Waals surface area contributed by atoms with Crippen molar-refractivity contribution >= 4 is 29.6 Å². The molecule has 0 saturated carbocycles. The highest BCUT2D eigenvalue weighted by molar-refractivity contribution is 6.12. The number of hydrogen-bond acceptors (Lipinski definition) is 10. The summed E-state index contributed by atoms with van der Waals surface area (Å²) in [6, 6.07) is 14.9. The molecule has 0 saturated heterocycles. The molecule has 0 fully saturated rings. The Balaban J connectivity index is 1.35. The third kappa shape index (κ3) is 4.44. The highest BCUT2D eigenvalue weighted by Gasteiger charge is 2.25. The molecule has 180 valence electrons. The number of rotatable bonds is 6. The van der Waals surface area contributed by atoms with Gasteiger partial charge >= 0.3 is 11.9 Å². The molecule has 2 heterocycles. The number of carbonyl (C=O) groups excluding carboxylic acids is 2. The van der Waals surface area contributed by atoms with E-state index in [1.54, 1.807) is 24.3 Å². The highest BCUT2D eigenvalue weighted by Crippen LogP contribution is 2.34. The molecule has 11 heteroatoms. The zero-order chi connectivity index (χ0) is 25.2. The minimum atomic E-state index is -0.680. The third-order valence-electron chi connectivity index (χ3n) is 5.25. The topological polar surface area (TPSA) is 136 Å². The molecule has 0 aromatic heterocycles. The van der Waals surface area contributed by atoms with E-state index in [-0.39, 0.29) is 41.1 Å². The number of ether oxygens (including phenoxy) is 5. The smallest absolute Gasteiger partial charge is 0.363 e. The fourth-order valence-electron chi connectivity index (χ4n) is 3.46. The zero-order valence-corrected chi connectivity index (χ0v) is 18.6. The SMILES string of the molecule is COc1cc(/C=C2\N=C(c3ccc([N+](=O)[O-])cc3)OC2=O)ccc1OC(=O)c1ccc2c(c1)OCO2. The molecule has 0 bridgehead atoms. The van der Waals surface area contributed by atoms with Crippen molar-refractivity contribution < 1.29 is 38.2 Å². The van der Waals surface area contributed by atoms with Gasteiger partial charge in [0.1, 0.15) is 0 Å². The Hall–Kier alpha value is -5.19. The molecule has 3 aromatic carbocycles. The second-order valence-corrected chi connectivity index (χ2v) is 7.51. The number of carbonyl (C=O) groups is 2. The average molecular weight is 488 g/mol. The van der Waals surface area contributed by atoms with Gasteiger partial charge in [-0.05, 0) is 54.1 Å². The van der Waals surface area contributed by atoms with Crippen molar-refractivity contribution in [2.24, 2.45) is 4.99 Å². The fourth-order valence-corrected chi connectivity index (χ4v) is 3.46. The highest BCUT2D eigenvalue weighted by atomic mass is 16.7. The second-order valence-electron chi connectivity index (χ2n) is 7.51. The van der Waals surface area contributed by atoms with Crippen LogP contribution in [0.2, 0.25) is 0 Å². The number of non-ortho nitro benzene ring substituents is 1. The lowest BCUT2D eigenvalue weighted by Gasteiger charge is -2.10. The Morgan fingerprint density at radius 1 is 1.03 bits per heavy atom. The summed E-state index contributed by atoms with van der Waals surface area (Å²) in [5.41, 5.74) is 1.16. The van der Waals surface area contributed by atoms with Gasteiger partial charge < -0.3 is 23.7 Å². The lowest BCUT2D eigenvalue weighted by atomic mass is 10.1. The van der Waals surface area contributed by atoms with Gasteiger partial charge in [-0.3, -0.25) is 10.1 Å². The van der Waals surface area contributed by atoms with Crippen LogP contribution in [0.4, 0.5) is 5.69 Å². The van der Waals surface area contributed by atoms with Gasteiger partial charge in [-0.25, -0.2) is 14.6 Å². The summed E-state index contributed by atoms with van der Waals surface area (Å²) in [6.45, 7) is 0.0889. The summed E-state index contributed by atoms with van der Waals surface area (Å²) in [6.07, 6.45) is 1.48. The minimum absolute atomic E-state index is 0.0236. The molecule has 0 atom stereocenters. The van der Waals surface area contributed by atoms with Crippen LogP contribution in [0.3, 0.4) is 0 Å². The Kier molecular flexibility index (Phi) is 5.79. The van der Waals surface area contributed by atoms with Crippen LogP contribution in [0, 0.1) is 10.1 Å². The van der Waals surface area contributed by atoms with Gasteiger partial charge in [0, 0.05) is 17.7 Å². The number of nitro groups is 1. The monoisotopic (exact) mass is 488 g/mol.